The molecule has 4 N–H and O–H groups in total. The molecule has 0 aliphatic heterocycles. The molecule has 1 aromatic rings. The number of hydrogen-bond acceptors (Lipinski definition) is 5. The van der Waals surface area contributed by atoms with Gasteiger partial charge in [-0.15, -0.1) is 0 Å². The molecule has 0 bridgehead atoms. The van der Waals surface area contributed by atoms with Crippen molar-refractivity contribution in [1.29, 1.82) is 0 Å². The zero-order chi connectivity index (χ0) is 13.1. The highest BCUT2D eigenvalue weighted by molar-refractivity contribution is 7.91. The standard InChI is InChI=1S/C10H14N2O4S/c1-17(15,16)6-10(14)12-5-7-4-8(11)2-3-9(7)13/h2-4,13H,5-6,11H2,1H3,(H,12,14). The van der Waals surface area contributed by atoms with E-state index in [9.17, 15) is 18.3 Å². The van der Waals surface area contributed by atoms with E-state index in [1.807, 2.05) is 0 Å². The minimum Gasteiger partial charge on any atom is -0.508 e. The van der Waals surface area contributed by atoms with Gasteiger partial charge >= 0.3 is 0 Å². The molecule has 0 fully saturated rings. The number of anilines is 1. The zero-order valence-electron chi connectivity index (χ0n) is 9.30. The van der Waals surface area contributed by atoms with Gasteiger partial charge in [0.1, 0.15) is 11.5 Å². The van der Waals surface area contributed by atoms with E-state index < -0.39 is 21.5 Å². The lowest BCUT2D eigenvalue weighted by molar-refractivity contribution is -0.118. The van der Waals surface area contributed by atoms with Crippen LogP contribution in [0.5, 0.6) is 5.75 Å². The minimum atomic E-state index is -3.35. The van der Waals surface area contributed by atoms with Crippen molar-refractivity contribution in [2.75, 3.05) is 17.7 Å². The van der Waals surface area contributed by atoms with Crippen LogP contribution in [0, 0.1) is 0 Å². The third kappa shape index (κ3) is 4.73. The van der Waals surface area contributed by atoms with E-state index in [0.29, 0.717) is 11.3 Å². The summed E-state index contributed by atoms with van der Waals surface area (Å²) in [4.78, 5) is 11.2. The van der Waals surface area contributed by atoms with Crippen molar-refractivity contribution in [3.63, 3.8) is 0 Å². The molecule has 6 nitrogen and oxygen atoms in total. The summed E-state index contributed by atoms with van der Waals surface area (Å²) in [5.41, 5.74) is 6.41. The van der Waals surface area contributed by atoms with Crippen LogP contribution in [0.15, 0.2) is 18.2 Å². The van der Waals surface area contributed by atoms with Crippen LogP contribution in [0.3, 0.4) is 0 Å². The van der Waals surface area contributed by atoms with E-state index in [4.69, 9.17) is 5.73 Å². The molecule has 7 heteroatoms. The highest BCUT2D eigenvalue weighted by Crippen LogP contribution is 2.19. The number of hydrogen-bond donors (Lipinski definition) is 3. The number of carbonyl (C=O) groups excluding carboxylic acids is 1. The fraction of sp³-hybridized carbons (Fsp3) is 0.300. The molecule has 0 saturated heterocycles. The van der Waals surface area contributed by atoms with Crippen LogP contribution in [0.2, 0.25) is 0 Å². The van der Waals surface area contributed by atoms with E-state index in [1.165, 1.54) is 18.2 Å². The Morgan fingerprint density at radius 1 is 1.47 bits per heavy atom. The third-order valence-electron chi connectivity index (χ3n) is 1.97. The van der Waals surface area contributed by atoms with Crippen LogP contribution >= 0.6 is 0 Å². The largest absolute Gasteiger partial charge is 0.508 e. The number of benzene rings is 1. The maximum atomic E-state index is 11.2. The molecule has 1 rings (SSSR count). The average Bonchev–Trinajstić information content (AvgIpc) is 2.17. The number of nitrogens with two attached hydrogens (primary N) is 1. The van der Waals surface area contributed by atoms with Crippen molar-refractivity contribution in [2.45, 2.75) is 6.54 Å². The SMILES string of the molecule is CS(=O)(=O)CC(=O)NCc1cc(N)ccc1O. The maximum absolute atomic E-state index is 11.2. The Morgan fingerprint density at radius 2 is 2.12 bits per heavy atom. The Labute approximate surface area is 99.4 Å². The van der Waals surface area contributed by atoms with Crippen molar-refractivity contribution < 1.29 is 18.3 Å². The van der Waals surface area contributed by atoms with Gasteiger partial charge in [-0.05, 0) is 18.2 Å². The van der Waals surface area contributed by atoms with Crippen molar-refractivity contribution in [1.82, 2.24) is 5.32 Å². The van der Waals surface area contributed by atoms with Crippen LogP contribution in [-0.2, 0) is 21.2 Å². The van der Waals surface area contributed by atoms with Gasteiger partial charge in [0.25, 0.3) is 0 Å². The molecule has 0 aliphatic rings. The molecule has 0 aromatic heterocycles. The van der Waals surface area contributed by atoms with Gasteiger partial charge in [0.2, 0.25) is 5.91 Å². The molecule has 0 spiro atoms. The Bertz CT molecular complexity index is 525. The van der Waals surface area contributed by atoms with Gasteiger partial charge in [0, 0.05) is 24.1 Å². The van der Waals surface area contributed by atoms with Gasteiger partial charge in [-0.3, -0.25) is 4.79 Å². The number of amides is 1. The molecule has 94 valence electrons. The molecular formula is C10H14N2O4S. The number of phenolic OH excluding ortho intramolecular Hbond substituents is 1. The Morgan fingerprint density at radius 3 is 2.71 bits per heavy atom. The van der Waals surface area contributed by atoms with Crippen LogP contribution < -0.4 is 11.1 Å². The monoisotopic (exact) mass is 258 g/mol. The fourth-order valence-electron chi connectivity index (χ4n) is 1.23. The second-order valence-corrected chi connectivity index (χ2v) is 5.88. The van der Waals surface area contributed by atoms with Gasteiger partial charge < -0.3 is 16.2 Å². The Balaban J connectivity index is 2.62. The minimum absolute atomic E-state index is 0.00106. The van der Waals surface area contributed by atoms with Crippen LogP contribution in [0.25, 0.3) is 0 Å². The Hall–Kier alpha value is -1.76. The predicted molar refractivity (Wildman–Crippen MR) is 64.1 cm³/mol. The van der Waals surface area contributed by atoms with Gasteiger partial charge in [-0.1, -0.05) is 0 Å². The van der Waals surface area contributed by atoms with E-state index in [0.717, 1.165) is 6.26 Å². The quantitative estimate of drug-likeness (QED) is 0.504. The topological polar surface area (TPSA) is 109 Å². The highest BCUT2D eigenvalue weighted by Gasteiger charge is 2.11. The van der Waals surface area contributed by atoms with Crippen molar-refractivity contribution >= 4 is 21.4 Å². The summed E-state index contributed by atoms with van der Waals surface area (Å²) >= 11 is 0. The first-order chi connectivity index (χ1) is 7.78. The van der Waals surface area contributed by atoms with Crippen LogP contribution in [0.1, 0.15) is 5.56 Å². The molecule has 1 aromatic carbocycles. The van der Waals surface area contributed by atoms with Crippen molar-refractivity contribution in [3.05, 3.63) is 23.8 Å². The van der Waals surface area contributed by atoms with Gasteiger partial charge in [-0.2, -0.15) is 0 Å². The second-order valence-electron chi connectivity index (χ2n) is 3.73. The molecule has 0 radical (unpaired) electrons. The molecule has 0 unspecified atom stereocenters. The van der Waals surface area contributed by atoms with Gasteiger partial charge in [-0.25, -0.2) is 8.42 Å². The van der Waals surface area contributed by atoms with Crippen LogP contribution in [-0.4, -0.2) is 31.4 Å². The smallest absolute Gasteiger partial charge is 0.235 e. The number of nitrogen functional groups attached to an aromatic ring is 1. The lowest BCUT2D eigenvalue weighted by Gasteiger charge is -2.07. The number of sulfone groups is 1. The number of nitrogens with one attached hydrogen (secondary N) is 1. The number of rotatable bonds is 4. The summed E-state index contributed by atoms with van der Waals surface area (Å²) in [5.74, 6) is -1.19. The molecule has 0 aliphatic carbocycles. The summed E-state index contributed by atoms with van der Waals surface area (Å²) in [6.07, 6.45) is 0.977. The first kappa shape index (κ1) is 13.3. The van der Waals surface area contributed by atoms with E-state index in [1.54, 1.807) is 0 Å². The number of carbonyl (C=O) groups is 1. The predicted octanol–water partition coefficient (Wildman–Crippen LogP) is -0.365. The summed E-state index contributed by atoms with van der Waals surface area (Å²) in [5, 5.41) is 11.8. The first-order valence-electron chi connectivity index (χ1n) is 4.80. The Kier molecular flexibility index (Phi) is 3.95. The lowest BCUT2D eigenvalue weighted by Crippen LogP contribution is -2.29. The average molecular weight is 258 g/mol. The van der Waals surface area contributed by atoms with Gasteiger partial charge in [0.05, 0.1) is 0 Å². The molecule has 0 atom stereocenters. The lowest BCUT2D eigenvalue weighted by atomic mass is 10.2. The number of phenols is 1. The second kappa shape index (κ2) is 5.05. The van der Waals surface area contributed by atoms with Gasteiger partial charge in [0.15, 0.2) is 9.84 Å². The number of aromatic hydroxyl groups is 1. The van der Waals surface area contributed by atoms with E-state index in [2.05, 4.69) is 5.32 Å². The first-order valence-corrected chi connectivity index (χ1v) is 6.86. The normalized spacial score (nSPS) is 11.1. The summed E-state index contributed by atoms with van der Waals surface area (Å²) in [6.45, 7) is 0.0330. The van der Waals surface area contributed by atoms with Crippen molar-refractivity contribution in [2.24, 2.45) is 0 Å². The zero-order valence-corrected chi connectivity index (χ0v) is 10.1. The summed E-state index contributed by atoms with van der Waals surface area (Å²) in [6, 6.07) is 4.45. The molecule has 1 amide bonds. The summed E-state index contributed by atoms with van der Waals surface area (Å²) in [7, 11) is -3.35. The third-order valence-corrected chi connectivity index (χ3v) is 2.76. The molecule has 0 heterocycles. The van der Waals surface area contributed by atoms with E-state index >= 15 is 0 Å². The maximum Gasteiger partial charge on any atom is 0.235 e. The van der Waals surface area contributed by atoms with Crippen LogP contribution in [0.4, 0.5) is 5.69 Å². The highest BCUT2D eigenvalue weighted by atomic mass is 32.2. The fourth-order valence-corrected chi connectivity index (χ4v) is 1.81. The summed E-state index contributed by atoms with van der Waals surface area (Å²) < 4.78 is 21.7. The molecule has 0 saturated carbocycles. The molecule has 17 heavy (non-hydrogen) atoms. The molecular weight excluding hydrogens is 244 g/mol. The van der Waals surface area contributed by atoms with Crippen molar-refractivity contribution in [3.8, 4) is 5.75 Å². The van der Waals surface area contributed by atoms with E-state index in [-0.39, 0.29) is 12.3 Å².